The molecule has 0 atom stereocenters. The van der Waals surface area contributed by atoms with Crippen molar-refractivity contribution in [3.63, 3.8) is 0 Å². The van der Waals surface area contributed by atoms with Gasteiger partial charge in [0.05, 0.1) is 23.7 Å². The van der Waals surface area contributed by atoms with E-state index in [9.17, 15) is 14.9 Å². The van der Waals surface area contributed by atoms with Gasteiger partial charge in [0.25, 0.3) is 11.6 Å². The number of ether oxygens (including phenoxy) is 1. The standard InChI is InChI=1S/C16H16N4O4/c1-16(9-24-10-16)19-12-6-5-11(8-14(12)20(22)23)18-15(21)13-4-2-3-7-17-13/h2-8,19H,9-10H2,1H3,(H,18,21). The van der Waals surface area contributed by atoms with Crippen molar-refractivity contribution in [3.05, 3.63) is 58.4 Å². The lowest BCUT2D eigenvalue weighted by Crippen LogP contribution is -2.53. The van der Waals surface area contributed by atoms with E-state index in [1.807, 2.05) is 6.92 Å². The Hall–Kier alpha value is -3.00. The number of nitrogens with zero attached hydrogens (tertiary/aromatic N) is 2. The van der Waals surface area contributed by atoms with Crippen LogP contribution in [-0.4, -0.2) is 34.6 Å². The Morgan fingerprint density at radius 2 is 2.12 bits per heavy atom. The van der Waals surface area contributed by atoms with Crippen LogP contribution in [0.4, 0.5) is 17.1 Å². The van der Waals surface area contributed by atoms with Gasteiger partial charge >= 0.3 is 0 Å². The molecule has 1 aliphatic rings. The summed E-state index contributed by atoms with van der Waals surface area (Å²) in [6.07, 6.45) is 1.51. The molecule has 0 bridgehead atoms. The first kappa shape index (κ1) is 15.9. The Morgan fingerprint density at radius 1 is 1.33 bits per heavy atom. The minimum Gasteiger partial charge on any atom is -0.376 e. The SMILES string of the molecule is CC1(Nc2ccc(NC(=O)c3ccccn3)cc2[N+](=O)[O-])COC1. The maximum Gasteiger partial charge on any atom is 0.294 e. The highest BCUT2D eigenvalue weighted by molar-refractivity contribution is 6.03. The molecule has 24 heavy (non-hydrogen) atoms. The summed E-state index contributed by atoms with van der Waals surface area (Å²) < 4.78 is 5.14. The number of nitrogens with one attached hydrogen (secondary N) is 2. The zero-order chi connectivity index (χ0) is 17.2. The van der Waals surface area contributed by atoms with Crippen LogP contribution in [0.3, 0.4) is 0 Å². The molecule has 8 nitrogen and oxygen atoms in total. The lowest BCUT2D eigenvalue weighted by atomic mass is 10.00. The van der Waals surface area contributed by atoms with Crippen molar-refractivity contribution >= 4 is 23.0 Å². The summed E-state index contributed by atoms with van der Waals surface area (Å²) in [5.41, 5.74) is 0.534. The van der Waals surface area contributed by atoms with Crippen LogP contribution in [-0.2, 0) is 4.74 Å². The Labute approximate surface area is 138 Å². The lowest BCUT2D eigenvalue weighted by Gasteiger charge is -2.39. The molecule has 1 amide bonds. The number of anilines is 2. The number of carbonyl (C=O) groups excluding carboxylic acids is 1. The van der Waals surface area contributed by atoms with Crippen molar-refractivity contribution in [2.75, 3.05) is 23.8 Å². The highest BCUT2D eigenvalue weighted by Gasteiger charge is 2.34. The summed E-state index contributed by atoms with van der Waals surface area (Å²) in [7, 11) is 0. The predicted octanol–water partition coefficient (Wildman–Crippen LogP) is 2.44. The van der Waals surface area contributed by atoms with Gasteiger partial charge in [-0.15, -0.1) is 0 Å². The number of rotatable bonds is 5. The van der Waals surface area contributed by atoms with Crippen molar-refractivity contribution < 1.29 is 14.5 Å². The highest BCUT2D eigenvalue weighted by Crippen LogP contribution is 2.32. The van der Waals surface area contributed by atoms with Gasteiger partial charge in [0.15, 0.2) is 0 Å². The fourth-order valence-corrected chi connectivity index (χ4v) is 2.36. The molecule has 2 N–H and O–H groups in total. The van der Waals surface area contributed by atoms with Gasteiger partial charge in [0.1, 0.15) is 11.4 Å². The van der Waals surface area contributed by atoms with Crippen molar-refractivity contribution in [3.8, 4) is 0 Å². The number of hydrogen-bond acceptors (Lipinski definition) is 6. The molecule has 2 aromatic rings. The molecule has 2 heterocycles. The summed E-state index contributed by atoms with van der Waals surface area (Å²) >= 11 is 0. The van der Waals surface area contributed by atoms with E-state index in [0.29, 0.717) is 24.6 Å². The minimum absolute atomic E-state index is 0.109. The Kier molecular flexibility index (Phi) is 4.13. The van der Waals surface area contributed by atoms with Gasteiger partial charge in [-0.2, -0.15) is 0 Å². The molecule has 0 aliphatic carbocycles. The summed E-state index contributed by atoms with van der Waals surface area (Å²) in [5.74, 6) is -0.426. The number of nitro benzene ring substituents is 1. The van der Waals surface area contributed by atoms with E-state index in [-0.39, 0.29) is 16.9 Å². The van der Waals surface area contributed by atoms with Gasteiger partial charge in [-0.05, 0) is 31.2 Å². The van der Waals surface area contributed by atoms with Gasteiger partial charge in [-0.1, -0.05) is 6.07 Å². The monoisotopic (exact) mass is 328 g/mol. The smallest absolute Gasteiger partial charge is 0.294 e. The third-order valence-corrected chi connectivity index (χ3v) is 3.63. The van der Waals surface area contributed by atoms with Crippen LogP contribution in [0.25, 0.3) is 0 Å². The van der Waals surface area contributed by atoms with E-state index in [4.69, 9.17) is 4.74 Å². The average Bonchev–Trinajstić information content (AvgIpc) is 2.55. The van der Waals surface area contributed by atoms with Gasteiger partial charge in [0.2, 0.25) is 0 Å². The zero-order valence-electron chi connectivity index (χ0n) is 13.0. The van der Waals surface area contributed by atoms with Crippen molar-refractivity contribution in [2.24, 2.45) is 0 Å². The van der Waals surface area contributed by atoms with Gasteiger partial charge in [-0.25, -0.2) is 0 Å². The van der Waals surface area contributed by atoms with Crippen molar-refractivity contribution in [1.29, 1.82) is 0 Å². The lowest BCUT2D eigenvalue weighted by molar-refractivity contribution is -0.384. The molecule has 8 heteroatoms. The largest absolute Gasteiger partial charge is 0.376 e. The molecule has 1 saturated heterocycles. The molecular formula is C16H16N4O4. The molecule has 0 spiro atoms. The van der Waals surface area contributed by atoms with Crippen LogP contribution in [0.15, 0.2) is 42.6 Å². The Bertz CT molecular complexity index is 775. The van der Waals surface area contributed by atoms with Gasteiger partial charge in [0, 0.05) is 18.0 Å². The quantitative estimate of drug-likeness (QED) is 0.645. The van der Waals surface area contributed by atoms with Crippen molar-refractivity contribution in [1.82, 2.24) is 4.98 Å². The molecule has 3 rings (SSSR count). The molecular weight excluding hydrogens is 312 g/mol. The number of nitro groups is 1. The van der Waals surface area contributed by atoms with Gasteiger partial charge < -0.3 is 15.4 Å². The van der Waals surface area contributed by atoms with E-state index in [1.54, 1.807) is 30.3 Å². The second kappa shape index (κ2) is 6.25. The highest BCUT2D eigenvalue weighted by atomic mass is 16.6. The van der Waals surface area contributed by atoms with Crippen LogP contribution in [0, 0.1) is 10.1 Å². The number of pyridine rings is 1. The Balaban J connectivity index is 1.81. The summed E-state index contributed by atoms with van der Waals surface area (Å²) in [5, 5.41) is 17.1. The van der Waals surface area contributed by atoms with E-state index in [2.05, 4.69) is 15.6 Å². The maximum atomic E-state index is 12.1. The molecule has 0 radical (unpaired) electrons. The number of carbonyl (C=O) groups is 1. The molecule has 124 valence electrons. The molecule has 1 aromatic carbocycles. The molecule has 0 unspecified atom stereocenters. The second-order valence-corrected chi connectivity index (χ2v) is 5.84. The van der Waals surface area contributed by atoms with E-state index < -0.39 is 10.8 Å². The molecule has 1 fully saturated rings. The summed E-state index contributed by atoms with van der Waals surface area (Å²) in [6.45, 7) is 2.90. The minimum atomic E-state index is -0.484. The number of hydrogen-bond donors (Lipinski definition) is 2. The van der Waals surface area contributed by atoms with Crippen LogP contribution < -0.4 is 10.6 Å². The first-order valence-corrected chi connectivity index (χ1v) is 7.34. The first-order valence-electron chi connectivity index (χ1n) is 7.34. The van der Waals surface area contributed by atoms with Gasteiger partial charge in [-0.3, -0.25) is 19.9 Å². The molecule has 1 aromatic heterocycles. The third kappa shape index (κ3) is 3.33. The third-order valence-electron chi connectivity index (χ3n) is 3.63. The summed E-state index contributed by atoms with van der Waals surface area (Å²) in [6, 6.07) is 9.48. The summed E-state index contributed by atoms with van der Waals surface area (Å²) in [4.78, 5) is 26.9. The predicted molar refractivity (Wildman–Crippen MR) is 88.1 cm³/mol. The maximum absolute atomic E-state index is 12.1. The molecule has 1 aliphatic heterocycles. The number of benzene rings is 1. The normalized spacial score (nSPS) is 15.2. The zero-order valence-corrected chi connectivity index (χ0v) is 13.0. The van der Waals surface area contributed by atoms with Crippen LogP contribution in [0.1, 0.15) is 17.4 Å². The number of amides is 1. The van der Waals surface area contributed by atoms with E-state index in [1.165, 1.54) is 12.3 Å². The van der Waals surface area contributed by atoms with Crippen molar-refractivity contribution in [2.45, 2.75) is 12.5 Å². The van der Waals surface area contributed by atoms with Crippen LogP contribution in [0.5, 0.6) is 0 Å². The van der Waals surface area contributed by atoms with Crippen LogP contribution in [0.2, 0.25) is 0 Å². The Morgan fingerprint density at radius 3 is 2.71 bits per heavy atom. The first-order chi connectivity index (χ1) is 11.5. The average molecular weight is 328 g/mol. The molecule has 0 saturated carbocycles. The fourth-order valence-electron chi connectivity index (χ4n) is 2.36. The van der Waals surface area contributed by atoms with Crippen LogP contribution >= 0.6 is 0 Å². The number of aromatic nitrogens is 1. The second-order valence-electron chi connectivity index (χ2n) is 5.84. The fraction of sp³-hybridized carbons (Fsp3) is 0.250. The van der Waals surface area contributed by atoms with E-state index in [0.717, 1.165) is 0 Å². The topological polar surface area (TPSA) is 106 Å². The van der Waals surface area contributed by atoms with E-state index >= 15 is 0 Å².